The number of ketones is 1. The summed E-state index contributed by atoms with van der Waals surface area (Å²) in [5, 5.41) is 11.0. The number of rotatable bonds is 1. The zero-order chi connectivity index (χ0) is 12.1. The maximum Gasteiger partial charge on any atom is 0.249 e. The molecule has 1 N–H and O–H groups in total. The van der Waals surface area contributed by atoms with Gasteiger partial charge in [0.2, 0.25) is 3.79 Å². The number of Topliss-reactive ketones (excluding diaryl/α,β-unsaturated/α-hetero) is 1. The van der Waals surface area contributed by atoms with Gasteiger partial charge in [-0.25, -0.2) is 0 Å². The van der Waals surface area contributed by atoms with E-state index in [2.05, 4.69) is 0 Å². The van der Waals surface area contributed by atoms with Crippen LogP contribution in [0.2, 0.25) is 0 Å². The van der Waals surface area contributed by atoms with Crippen molar-refractivity contribution >= 4 is 52.2 Å². The van der Waals surface area contributed by atoms with Crippen molar-refractivity contribution in [2.24, 2.45) is 5.92 Å². The van der Waals surface area contributed by atoms with Gasteiger partial charge in [-0.05, 0) is 19.3 Å². The van der Waals surface area contributed by atoms with Crippen LogP contribution in [-0.4, -0.2) is 37.3 Å². The van der Waals surface area contributed by atoms with Crippen molar-refractivity contribution in [1.82, 2.24) is 5.06 Å². The van der Waals surface area contributed by atoms with Crippen LogP contribution in [0.5, 0.6) is 0 Å². The molecule has 0 radical (unpaired) electrons. The van der Waals surface area contributed by atoms with Crippen molar-refractivity contribution in [3.05, 3.63) is 0 Å². The van der Waals surface area contributed by atoms with E-state index in [4.69, 9.17) is 46.4 Å². The average Bonchev–Trinajstić information content (AvgIpc) is 2.36. The van der Waals surface area contributed by atoms with Crippen molar-refractivity contribution in [1.29, 1.82) is 0 Å². The number of hydrogen-bond donors (Lipinski definition) is 1. The fraction of sp³-hybridized carbons (Fsp3) is 0.889. The number of halogens is 4. The molecule has 4 unspecified atom stereocenters. The summed E-state index contributed by atoms with van der Waals surface area (Å²) in [6, 6.07) is -0.410. The van der Waals surface area contributed by atoms with Gasteiger partial charge in [-0.1, -0.05) is 34.8 Å². The summed E-state index contributed by atoms with van der Waals surface area (Å²) in [5.74, 6) is -0.888. The summed E-state index contributed by atoms with van der Waals surface area (Å²) in [6.07, 6.45) is 1.72. The Kier molecular flexibility index (Phi) is 3.67. The third kappa shape index (κ3) is 2.31. The summed E-state index contributed by atoms with van der Waals surface area (Å²) < 4.78 is -1.91. The monoisotopic (exact) mass is 305 g/mol. The molecule has 0 aromatic carbocycles. The van der Waals surface area contributed by atoms with Crippen LogP contribution in [0.15, 0.2) is 0 Å². The molecule has 0 aromatic rings. The van der Waals surface area contributed by atoms with Crippen molar-refractivity contribution in [2.45, 2.75) is 40.5 Å². The predicted molar refractivity (Wildman–Crippen MR) is 63.5 cm³/mol. The summed E-state index contributed by atoms with van der Waals surface area (Å²) in [4.78, 5) is 11.9. The zero-order valence-electron chi connectivity index (χ0n) is 8.25. The van der Waals surface area contributed by atoms with Crippen LogP contribution in [0.4, 0.5) is 0 Å². The van der Waals surface area contributed by atoms with E-state index in [1.807, 2.05) is 0 Å². The highest BCUT2D eigenvalue weighted by atomic mass is 35.6. The molecule has 4 atom stereocenters. The van der Waals surface area contributed by atoms with E-state index >= 15 is 0 Å². The van der Waals surface area contributed by atoms with Crippen LogP contribution >= 0.6 is 46.4 Å². The third-order valence-corrected chi connectivity index (χ3v) is 4.26. The van der Waals surface area contributed by atoms with Gasteiger partial charge in [-0.15, -0.1) is 11.6 Å². The largest absolute Gasteiger partial charge is 0.313 e. The number of alkyl halides is 4. The highest BCUT2D eigenvalue weighted by molar-refractivity contribution is 6.76. The van der Waals surface area contributed by atoms with Crippen LogP contribution in [0.3, 0.4) is 0 Å². The predicted octanol–water partition coefficient (Wildman–Crippen LogP) is 2.78. The van der Waals surface area contributed by atoms with E-state index < -0.39 is 15.5 Å². The first kappa shape index (κ1) is 13.2. The number of fused-ring (bicyclic) bond motifs is 2. The van der Waals surface area contributed by atoms with Gasteiger partial charge in [-0.2, -0.15) is 5.06 Å². The molecule has 0 aliphatic carbocycles. The molecule has 0 aromatic heterocycles. The minimum atomic E-state index is -1.91. The van der Waals surface area contributed by atoms with Gasteiger partial charge >= 0.3 is 0 Å². The van der Waals surface area contributed by atoms with Gasteiger partial charge in [0.1, 0.15) is 0 Å². The number of nitrogens with zero attached hydrogens (tertiary/aromatic N) is 1. The Balaban J connectivity index is 2.17. The number of carbonyl (C=O) groups excluding carboxylic acids is 1. The highest BCUT2D eigenvalue weighted by Gasteiger charge is 2.52. The topological polar surface area (TPSA) is 40.5 Å². The lowest BCUT2D eigenvalue weighted by atomic mass is 9.94. The molecule has 92 valence electrons. The number of carbonyl (C=O) groups is 1. The molecule has 3 nitrogen and oxygen atoms in total. The fourth-order valence-electron chi connectivity index (χ4n) is 2.64. The Hall–Kier alpha value is 0.750. The van der Waals surface area contributed by atoms with Gasteiger partial charge in [0, 0.05) is 23.4 Å². The standard InChI is InChI=1S/C9H11Cl4NO2/c10-4-1-5-3-6(7(2-4)14(5)16)8(15)9(11,12)13/h4-7,16H,1-3H2. The lowest BCUT2D eigenvalue weighted by Crippen LogP contribution is -2.44. The van der Waals surface area contributed by atoms with Gasteiger partial charge in [0.05, 0.1) is 0 Å². The first-order chi connectivity index (χ1) is 7.30. The van der Waals surface area contributed by atoms with Crippen LogP contribution < -0.4 is 0 Å². The first-order valence-electron chi connectivity index (χ1n) is 5.03. The summed E-state index contributed by atoms with van der Waals surface area (Å²) in [6.45, 7) is 0. The molecular weight excluding hydrogens is 296 g/mol. The molecule has 2 fully saturated rings. The normalized spacial score (nSPS) is 40.1. The number of piperidine rings is 1. The highest BCUT2D eigenvalue weighted by Crippen LogP contribution is 2.44. The van der Waals surface area contributed by atoms with Crippen LogP contribution in [0.25, 0.3) is 0 Å². The molecule has 2 rings (SSSR count). The van der Waals surface area contributed by atoms with Gasteiger partial charge < -0.3 is 5.21 Å². The smallest absolute Gasteiger partial charge is 0.249 e. The minimum absolute atomic E-state index is 0.0217. The molecule has 2 aliphatic heterocycles. The third-order valence-electron chi connectivity index (χ3n) is 3.35. The minimum Gasteiger partial charge on any atom is -0.313 e. The van der Waals surface area contributed by atoms with Crippen LogP contribution in [0.1, 0.15) is 19.3 Å². The van der Waals surface area contributed by atoms with Crippen molar-refractivity contribution in [2.75, 3.05) is 0 Å². The molecule has 2 heterocycles. The van der Waals surface area contributed by atoms with Crippen LogP contribution in [0, 0.1) is 5.92 Å². The quantitative estimate of drug-likeness (QED) is 0.757. The molecule has 0 amide bonds. The molecule has 2 bridgehead atoms. The lowest BCUT2D eigenvalue weighted by molar-refractivity contribution is -0.156. The van der Waals surface area contributed by atoms with E-state index in [9.17, 15) is 10.0 Å². The Morgan fingerprint density at radius 1 is 1.25 bits per heavy atom. The van der Waals surface area contributed by atoms with E-state index in [0.29, 0.717) is 19.3 Å². The second kappa shape index (κ2) is 4.45. The molecular formula is C9H11Cl4NO2. The average molecular weight is 307 g/mol. The summed E-state index contributed by atoms with van der Waals surface area (Å²) in [5.41, 5.74) is 0. The summed E-state index contributed by atoms with van der Waals surface area (Å²) >= 11 is 22.8. The Morgan fingerprint density at radius 2 is 1.88 bits per heavy atom. The Bertz CT molecular complexity index is 306. The van der Waals surface area contributed by atoms with Gasteiger partial charge in [-0.3, -0.25) is 4.79 Å². The molecule has 0 saturated carbocycles. The van der Waals surface area contributed by atoms with Crippen LogP contribution in [-0.2, 0) is 4.79 Å². The van der Waals surface area contributed by atoms with Gasteiger partial charge in [0.25, 0.3) is 0 Å². The fourth-order valence-corrected chi connectivity index (χ4v) is 3.44. The van der Waals surface area contributed by atoms with E-state index in [1.165, 1.54) is 5.06 Å². The number of hydroxylamine groups is 2. The molecule has 2 saturated heterocycles. The van der Waals surface area contributed by atoms with E-state index in [-0.39, 0.29) is 17.5 Å². The Labute approximate surface area is 114 Å². The maximum atomic E-state index is 11.9. The van der Waals surface area contributed by atoms with Crippen molar-refractivity contribution in [3.8, 4) is 0 Å². The SMILES string of the molecule is O=C(C1CC2CC(Cl)CC1N2O)C(Cl)(Cl)Cl. The second-order valence-corrected chi connectivity index (χ2v) is 7.27. The summed E-state index contributed by atoms with van der Waals surface area (Å²) in [7, 11) is 0. The van der Waals surface area contributed by atoms with Gasteiger partial charge in [0.15, 0.2) is 5.78 Å². The van der Waals surface area contributed by atoms with E-state index in [0.717, 1.165) is 0 Å². The molecule has 0 spiro atoms. The molecule has 7 heteroatoms. The second-order valence-electron chi connectivity index (χ2n) is 4.37. The van der Waals surface area contributed by atoms with Crippen molar-refractivity contribution < 1.29 is 10.0 Å². The first-order valence-corrected chi connectivity index (χ1v) is 6.60. The van der Waals surface area contributed by atoms with Crippen molar-refractivity contribution in [3.63, 3.8) is 0 Å². The molecule has 16 heavy (non-hydrogen) atoms. The number of hydrogen-bond acceptors (Lipinski definition) is 3. The Morgan fingerprint density at radius 3 is 2.44 bits per heavy atom. The maximum absolute atomic E-state index is 11.9. The molecule has 2 aliphatic rings. The zero-order valence-corrected chi connectivity index (χ0v) is 11.3. The van der Waals surface area contributed by atoms with E-state index in [1.54, 1.807) is 0 Å². The lowest BCUT2D eigenvalue weighted by Gasteiger charge is -2.32.